The molecule has 0 saturated heterocycles. The van der Waals surface area contributed by atoms with Gasteiger partial charge < -0.3 is 19.8 Å². The van der Waals surface area contributed by atoms with Gasteiger partial charge in [-0.2, -0.15) is 0 Å². The average molecular weight is 282 g/mol. The molecule has 1 aromatic heterocycles. The van der Waals surface area contributed by atoms with Gasteiger partial charge in [-0.15, -0.1) is 5.10 Å². The van der Waals surface area contributed by atoms with Crippen molar-refractivity contribution >= 4 is 6.01 Å². The van der Waals surface area contributed by atoms with Crippen molar-refractivity contribution in [3.63, 3.8) is 0 Å². The van der Waals surface area contributed by atoms with Gasteiger partial charge in [0.25, 0.3) is 0 Å². The van der Waals surface area contributed by atoms with E-state index in [1.807, 2.05) is 0 Å². The quantitative estimate of drug-likeness (QED) is 0.676. The lowest BCUT2D eigenvalue weighted by Gasteiger charge is -2.21. The minimum absolute atomic E-state index is 0.532. The first kappa shape index (κ1) is 15.3. The Kier molecular flexibility index (Phi) is 6.80. The number of nitrogens with zero attached hydrogens (tertiary/aromatic N) is 2. The van der Waals surface area contributed by atoms with Crippen molar-refractivity contribution in [2.45, 2.75) is 45.1 Å². The molecule has 1 aliphatic rings. The summed E-state index contributed by atoms with van der Waals surface area (Å²) in [5.74, 6) is 1.48. The molecule has 0 aliphatic heterocycles. The van der Waals surface area contributed by atoms with Crippen molar-refractivity contribution in [1.29, 1.82) is 0 Å². The Balaban J connectivity index is 1.59. The van der Waals surface area contributed by atoms with E-state index < -0.39 is 0 Å². The summed E-state index contributed by atoms with van der Waals surface area (Å²) in [6, 6.07) is 0.532. The van der Waals surface area contributed by atoms with Crippen LogP contribution in [0.1, 0.15) is 44.4 Å². The molecular formula is C14H26N4O2. The van der Waals surface area contributed by atoms with E-state index in [0.29, 0.717) is 25.1 Å². The first-order valence-corrected chi connectivity index (χ1v) is 7.64. The predicted molar refractivity (Wildman–Crippen MR) is 77.6 cm³/mol. The molecule has 6 heteroatoms. The molecule has 0 aromatic carbocycles. The van der Waals surface area contributed by atoms with Crippen molar-refractivity contribution in [3.05, 3.63) is 5.89 Å². The molecule has 0 spiro atoms. The molecule has 1 heterocycles. The van der Waals surface area contributed by atoms with Crippen LogP contribution in [0.4, 0.5) is 6.01 Å². The fourth-order valence-electron chi connectivity index (χ4n) is 2.63. The summed E-state index contributed by atoms with van der Waals surface area (Å²) in [5, 5.41) is 14.4. The maximum atomic E-state index is 5.52. The molecular weight excluding hydrogens is 256 g/mol. The van der Waals surface area contributed by atoms with Gasteiger partial charge in [0.15, 0.2) is 0 Å². The number of hydrogen-bond acceptors (Lipinski definition) is 6. The third-order valence-corrected chi connectivity index (χ3v) is 3.78. The Morgan fingerprint density at radius 1 is 1.20 bits per heavy atom. The highest BCUT2D eigenvalue weighted by molar-refractivity contribution is 5.16. The summed E-state index contributed by atoms with van der Waals surface area (Å²) in [7, 11) is 1.68. The lowest BCUT2D eigenvalue weighted by Crippen LogP contribution is -2.18. The maximum Gasteiger partial charge on any atom is 0.315 e. The lowest BCUT2D eigenvalue weighted by atomic mass is 9.87. The average Bonchev–Trinajstić information content (AvgIpc) is 2.93. The monoisotopic (exact) mass is 282 g/mol. The number of hydrogen-bond donors (Lipinski definition) is 2. The van der Waals surface area contributed by atoms with E-state index in [2.05, 4.69) is 20.8 Å². The second-order valence-corrected chi connectivity index (χ2v) is 5.39. The van der Waals surface area contributed by atoms with Crippen LogP contribution in [0, 0.1) is 5.92 Å². The Morgan fingerprint density at radius 3 is 2.85 bits per heavy atom. The SMILES string of the molecule is COCCNCc1nnc(NCCC2CCCCC2)o1. The van der Waals surface area contributed by atoms with E-state index in [4.69, 9.17) is 9.15 Å². The molecule has 1 saturated carbocycles. The Labute approximate surface area is 120 Å². The van der Waals surface area contributed by atoms with Gasteiger partial charge in [-0.25, -0.2) is 0 Å². The number of nitrogens with one attached hydrogen (secondary N) is 2. The molecule has 0 radical (unpaired) electrons. The fraction of sp³-hybridized carbons (Fsp3) is 0.857. The van der Waals surface area contributed by atoms with Crippen LogP contribution < -0.4 is 10.6 Å². The van der Waals surface area contributed by atoms with Crippen molar-refractivity contribution in [3.8, 4) is 0 Å². The van der Waals surface area contributed by atoms with E-state index in [1.54, 1.807) is 7.11 Å². The van der Waals surface area contributed by atoms with Crippen molar-refractivity contribution in [1.82, 2.24) is 15.5 Å². The van der Waals surface area contributed by atoms with Crippen LogP contribution in [0.15, 0.2) is 4.42 Å². The molecule has 2 N–H and O–H groups in total. The first-order valence-electron chi connectivity index (χ1n) is 7.64. The molecule has 114 valence electrons. The van der Waals surface area contributed by atoms with Gasteiger partial charge in [-0.05, 0) is 12.3 Å². The second kappa shape index (κ2) is 8.92. The zero-order valence-corrected chi connectivity index (χ0v) is 12.4. The van der Waals surface area contributed by atoms with Crippen molar-refractivity contribution in [2.75, 3.05) is 32.1 Å². The van der Waals surface area contributed by atoms with Crippen LogP contribution in [-0.2, 0) is 11.3 Å². The van der Waals surface area contributed by atoms with E-state index >= 15 is 0 Å². The van der Waals surface area contributed by atoms with Crippen LogP contribution in [0.2, 0.25) is 0 Å². The summed E-state index contributed by atoms with van der Waals surface area (Å²) in [4.78, 5) is 0. The van der Waals surface area contributed by atoms with Crippen LogP contribution in [0.5, 0.6) is 0 Å². The van der Waals surface area contributed by atoms with E-state index in [9.17, 15) is 0 Å². The topological polar surface area (TPSA) is 72.2 Å². The minimum Gasteiger partial charge on any atom is -0.407 e. The molecule has 1 aromatic rings. The van der Waals surface area contributed by atoms with Gasteiger partial charge in [-0.3, -0.25) is 0 Å². The zero-order chi connectivity index (χ0) is 14.0. The summed E-state index contributed by atoms with van der Waals surface area (Å²) in [5.41, 5.74) is 0. The largest absolute Gasteiger partial charge is 0.407 e. The highest BCUT2D eigenvalue weighted by atomic mass is 16.5. The Bertz CT molecular complexity index is 364. The molecule has 0 unspecified atom stereocenters. The highest BCUT2D eigenvalue weighted by Gasteiger charge is 2.13. The smallest absolute Gasteiger partial charge is 0.315 e. The lowest BCUT2D eigenvalue weighted by molar-refractivity contribution is 0.198. The molecule has 0 atom stereocenters. The van der Waals surface area contributed by atoms with E-state index in [-0.39, 0.29) is 0 Å². The van der Waals surface area contributed by atoms with Crippen molar-refractivity contribution < 1.29 is 9.15 Å². The van der Waals surface area contributed by atoms with Crippen LogP contribution in [0.3, 0.4) is 0 Å². The van der Waals surface area contributed by atoms with Gasteiger partial charge in [0.2, 0.25) is 5.89 Å². The van der Waals surface area contributed by atoms with Gasteiger partial charge >= 0.3 is 6.01 Å². The van der Waals surface area contributed by atoms with Gasteiger partial charge in [-0.1, -0.05) is 37.2 Å². The predicted octanol–water partition coefficient (Wildman–Crippen LogP) is 2.19. The third kappa shape index (κ3) is 5.46. The molecule has 20 heavy (non-hydrogen) atoms. The number of aromatic nitrogens is 2. The van der Waals surface area contributed by atoms with Gasteiger partial charge in [0.1, 0.15) is 0 Å². The number of methoxy groups -OCH3 is 1. The Hall–Kier alpha value is -1.14. The molecule has 0 amide bonds. The maximum absolute atomic E-state index is 5.52. The van der Waals surface area contributed by atoms with Crippen molar-refractivity contribution in [2.24, 2.45) is 5.92 Å². The third-order valence-electron chi connectivity index (χ3n) is 3.78. The first-order chi connectivity index (χ1) is 9.88. The minimum atomic E-state index is 0.532. The summed E-state index contributed by atoms with van der Waals surface area (Å²) < 4.78 is 10.5. The highest BCUT2D eigenvalue weighted by Crippen LogP contribution is 2.26. The summed E-state index contributed by atoms with van der Waals surface area (Å²) >= 11 is 0. The molecule has 2 rings (SSSR count). The molecule has 6 nitrogen and oxygen atoms in total. The Morgan fingerprint density at radius 2 is 2.05 bits per heavy atom. The normalized spacial score (nSPS) is 16.4. The van der Waals surface area contributed by atoms with Crippen LogP contribution >= 0.6 is 0 Å². The molecule has 0 bridgehead atoms. The van der Waals surface area contributed by atoms with Gasteiger partial charge in [0.05, 0.1) is 13.2 Å². The number of ether oxygens (including phenoxy) is 1. The summed E-state index contributed by atoms with van der Waals surface area (Å²) in [6.07, 6.45) is 8.14. The molecule has 1 fully saturated rings. The van der Waals surface area contributed by atoms with E-state index in [1.165, 1.54) is 38.5 Å². The summed E-state index contributed by atoms with van der Waals surface area (Å²) in [6.45, 7) is 2.97. The molecule has 1 aliphatic carbocycles. The number of anilines is 1. The van der Waals surface area contributed by atoms with Crippen LogP contribution in [0.25, 0.3) is 0 Å². The second-order valence-electron chi connectivity index (χ2n) is 5.39. The zero-order valence-electron chi connectivity index (χ0n) is 12.4. The number of rotatable bonds is 9. The van der Waals surface area contributed by atoms with Gasteiger partial charge in [0, 0.05) is 20.2 Å². The van der Waals surface area contributed by atoms with Crippen LogP contribution in [-0.4, -0.2) is 37.0 Å². The fourth-order valence-corrected chi connectivity index (χ4v) is 2.63. The standard InChI is InChI=1S/C14H26N4O2/c1-19-10-9-15-11-13-17-18-14(20-13)16-8-7-12-5-3-2-4-6-12/h12,15H,2-11H2,1H3,(H,16,18). The van der Waals surface area contributed by atoms with E-state index in [0.717, 1.165) is 19.0 Å².